The molecule has 1 aliphatic rings. The lowest BCUT2D eigenvalue weighted by atomic mass is 10.2. The Kier molecular flexibility index (Phi) is 5.01. The first-order valence-electron chi connectivity index (χ1n) is 6.76. The first-order chi connectivity index (χ1) is 8.79. The van der Waals surface area contributed by atoms with Crippen LogP contribution < -0.4 is 4.90 Å². The molecular weight excluding hydrogens is 230 g/mol. The Morgan fingerprint density at radius 3 is 3.06 bits per heavy atom. The van der Waals surface area contributed by atoms with Gasteiger partial charge in [0.2, 0.25) is 0 Å². The molecule has 0 aromatic carbocycles. The average Bonchev–Trinajstić information content (AvgIpc) is 2.82. The van der Waals surface area contributed by atoms with E-state index in [0.29, 0.717) is 6.61 Å². The van der Waals surface area contributed by atoms with Gasteiger partial charge in [-0.05, 0) is 26.2 Å². The van der Waals surface area contributed by atoms with Crippen LogP contribution in [0.15, 0.2) is 12.4 Å². The van der Waals surface area contributed by atoms with Crippen molar-refractivity contribution in [1.29, 1.82) is 0 Å². The van der Waals surface area contributed by atoms with E-state index in [1.54, 1.807) is 0 Å². The lowest BCUT2D eigenvalue weighted by Crippen LogP contribution is -2.30. The van der Waals surface area contributed by atoms with Crippen LogP contribution in [-0.4, -0.2) is 42.4 Å². The molecule has 1 aromatic heterocycles. The van der Waals surface area contributed by atoms with Crippen LogP contribution in [0.25, 0.3) is 0 Å². The average molecular weight is 253 g/mol. The standard InChI is InChI=1S/C13H23N3O2/c1-3-16(12-10-14-15(2)11-12)7-9-18-13-6-4-5-8-17-13/h10-11,13H,3-9H2,1-2H3/t13-/m0/s1. The smallest absolute Gasteiger partial charge is 0.157 e. The van der Waals surface area contributed by atoms with E-state index in [4.69, 9.17) is 9.47 Å². The van der Waals surface area contributed by atoms with Crippen molar-refractivity contribution in [3.8, 4) is 0 Å². The number of hydrogen-bond acceptors (Lipinski definition) is 4. The van der Waals surface area contributed by atoms with Gasteiger partial charge < -0.3 is 14.4 Å². The minimum absolute atomic E-state index is 0.00588. The van der Waals surface area contributed by atoms with Gasteiger partial charge in [0.25, 0.3) is 0 Å². The molecule has 0 aliphatic carbocycles. The minimum Gasteiger partial charge on any atom is -0.367 e. The van der Waals surface area contributed by atoms with Crippen LogP contribution in [0.4, 0.5) is 5.69 Å². The van der Waals surface area contributed by atoms with Crippen molar-refractivity contribution in [2.75, 3.05) is 31.2 Å². The van der Waals surface area contributed by atoms with Crippen molar-refractivity contribution < 1.29 is 9.47 Å². The van der Waals surface area contributed by atoms with Crippen molar-refractivity contribution >= 4 is 5.69 Å². The van der Waals surface area contributed by atoms with E-state index in [2.05, 4.69) is 16.9 Å². The number of anilines is 1. The molecule has 2 rings (SSSR count). The van der Waals surface area contributed by atoms with Gasteiger partial charge in [-0.3, -0.25) is 4.68 Å². The van der Waals surface area contributed by atoms with Gasteiger partial charge in [-0.1, -0.05) is 0 Å². The quantitative estimate of drug-likeness (QED) is 0.775. The highest BCUT2D eigenvalue weighted by Crippen LogP contribution is 2.15. The fourth-order valence-corrected chi connectivity index (χ4v) is 2.18. The fraction of sp³-hybridized carbons (Fsp3) is 0.769. The van der Waals surface area contributed by atoms with Crippen LogP contribution in [0.2, 0.25) is 0 Å². The van der Waals surface area contributed by atoms with Crippen molar-refractivity contribution in [2.24, 2.45) is 7.05 Å². The van der Waals surface area contributed by atoms with Crippen LogP contribution in [0.3, 0.4) is 0 Å². The molecule has 1 saturated heterocycles. The summed E-state index contributed by atoms with van der Waals surface area (Å²) in [5.74, 6) is 0. The summed E-state index contributed by atoms with van der Waals surface area (Å²) in [5, 5.41) is 4.19. The maximum Gasteiger partial charge on any atom is 0.157 e. The molecule has 0 radical (unpaired) electrons. The molecule has 0 N–H and O–H groups in total. The Hall–Kier alpha value is -1.07. The Morgan fingerprint density at radius 2 is 2.44 bits per heavy atom. The second-order valence-electron chi connectivity index (χ2n) is 4.62. The summed E-state index contributed by atoms with van der Waals surface area (Å²) >= 11 is 0. The molecule has 1 aromatic rings. The molecule has 0 unspecified atom stereocenters. The van der Waals surface area contributed by atoms with Gasteiger partial charge in [0, 0.05) is 32.9 Å². The highest BCUT2D eigenvalue weighted by molar-refractivity contribution is 5.41. The van der Waals surface area contributed by atoms with Crippen molar-refractivity contribution in [2.45, 2.75) is 32.5 Å². The largest absolute Gasteiger partial charge is 0.367 e. The fourth-order valence-electron chi connectivity index (χ4n) is 2.18. The van der Waals surface area contributed by atoms with Gasteiger partial charge in [0.05, 0.1) is 18.5 Å². The first-order valence-corrected chi connectivity index (χ1v) is 6.76. The highest BCUT2D eigenvalue weighted by Gasteiger charge is 2.14. The molecule has 0 amide bonds. The van der Waals surface area contributed by atoms with Crippen LogP contribution in [0.1, 0.15) is 26.2 Å². The topological polar surface area (TPSA) is 39.5 Å². The van der Waals surface area contributed by atoms with Gasteiger partial charge in [0.15, 0.2) is 6.29 Å². The Morgan fingerprint density at radius 1 is 1.56 bits per heavy atom. The van der Waals surface area contributed by atoms with E-state index in [-0.39, 0.29) is 6.29 Å². The molecule has 1 fully saturated rings. The second-order valence-corrected chi connectivity index (χ2v) is 4.62. The summed E-state index contributed by atoms with van der Waals surface area (Å²) in [7, 11) is 1.93. The molecule has 0 saturated carbocycles. The summed E-state index contributed by atoms with van der Waals surface area (Å²) in [6.07, 6.45) is 7.33. The third kappa shape index (κ3) is 3.71. The van der Waals surface area contributed by atoms with Crippen LogP contribution in [0.5, 0.6) is 0 Å². The zero-order chi connectivity index (χ0) is 12.8. The van der Waals surface area contributed by atoms with Gasteiger partial charge in [-0.2, -0.15) is 5.10 Å². The summed E-state index contributed by atoms with van der Waals surface area (Å²) in [6, 6.07) is 0. The molecule has 5 heteroatoms. The summed E-state index contributed by atoms with van der Waals surface area (Å²) in [4.78, 5) is 2.26. The zero-order valence-corrected chi connectivity index (χ0v) is 11.3. The maximum absolute atomic E-state index is 5.75. The first kappa shape index (κ1) is 13.4. The van der Waals surface area contributed by atoms with Gasteiger partial charge >= 0.3 is 0 Å². The maximum atomic E-state index is 5.75. The van der Waals surface area contributed by atoms with Crippen LogP contribution in [0, 0.1) is 0 Å². The van der Waals surface area contributed by atoms with E-state index < -0.39 is 0 Å². The van der Waals surface area contributed by atoms with E-state index in [9.17, 15) is 0 Å². The molecule has 102 valence electrons. The van der Waals surface area contributed by atoms with E-state index >= 15 is 0 Å². The van der Waals surface area contributed by atoms with E-state index in [1.165, 1.54) is 6.42 Å². The van der Waals surface area contributed by atoms with Crippen molar-refractivity contribution in [1.82, 2.24) is 9.78 Å². The number of aryl methyl sites for hydroxylation is 1. The Labute approximate surface area is 109 Å². The predicted molar refractivity (Wildman–Crippen MR) is 70.6 cm³/mol. The lowest BCUT2D eigenvalue weighted by molar-refractivity contribution is -0.160. The molecule has 0 spiro atoms. The monoisotopic (exact) mass is 253 g/mol. The normalized spacial score (nSPS) is 20.0. The third-order valence-electron chi connectivity index (χ3n) is 3.24. The SMILES string of the molecule is CCN(CCO[C@H]1CCCCO1)c1cnn(C)c1. The van der Waals surface area contributed by atoms with Crippen LogP contribution in [-0.2, 0) is 16.5 Å². The summed E-state index contributed by atoms with van der Waals surface area (Å²) < 4.78 is 13.1. The number of aromatic nitrogens is 2. The number of nitrogens with zero attached hydrogens (tertiary/aromatic N) is 3. The van der Waals surface area contributed by atoms with Crippen molar-refractivity contribution in [3.05, 3.63) is 12.4 Å². The van der Waals surface area contributed by atoms with Gasteiger partial charge in [-0.15, -0.1) is 0 Å². The second kappa shape index (κ2) is 6.75. The number of rotatable bonds is 6. The highest BCUT2D eigenvalue weighted by atomic mass is 16.7. The molecule has 1 atom stereocenters. The molecule has 2 heterocycles. The van der Waals surface area contributed by atoms with Crippen LogP contribution >= 0.6 is 0 Å². The molecule has 18 heavy (non-hydrogen) atoms. The lowest BCUT2D eigenvalue weighted by Gasteiger charge is -2.25. The predicted octanol–water partition coefficient (Wildman–Crippen LogP) is 1.79. The van der Waals surface area contributed by atoms with Gasteiger partial charge in [-0.25, -0.2) is 0 Å². The zero-order valence-electron chi connectivity index (χ0n) is 11.3. The number of ether oxygens (including phenoxy) is 2. The molecule has 1 aliphatic heterocycles. The molecule has 5 nitrogen and oxygen atoms in total. The summed E-state index contributed by atoms with van der Waals surface area (Å²) in [6.45, 7) is 5.52. The molecule has 0 bridgehead atoms. The minimum atomic E-state index is 0.00588. The van der Waals surface area contributed by atoms with E-state index in [1.807, 2.05) is 24.1 Å². The summed E-state index contributed by atoms with van der Waals surface area (Å²) in [5.41, 5.74) is 1.15. The van der Waals surface area contributed by atoms with Crippen molar-refractivity contribution in [3.63, 3.8) is 0 Å². The number of likely N-dealkylation sites (N-methyl/N-ethyl adjacent to an activating group) is 1. The third-order valence-corrected chi connectivity index (χ3v) is 3.24. The Balaban J connectivity index is 1.73. The number of hydrogen-bond donors (Lipinski definition) is 0. The van der Waals surface area contributed by atoms with E-state index in [0.717, 1.165) is 38.2 Å². The Bertz CT molecular complexity index is 348. The van der Waals surface area contributed by atoms with Gasteiger partial charge in [0.1, 0.15) is 0 Å². The molecular formula is C13H23N3O2.